The zero-order valence-electron chi connectivity index (χ0n) is 25.3. The minimum atomic E-state index is -2.74. The minimum Gasteiger partial charge on any atom is -0.398 e. The Kier molecular flexibility index (Phi) is 9.15. The predicted molar refractivity (Wildman–Crippen MR) is 188 cm³/mol. The maximum absolute atomic E-state index is 7.67. The van der Waals surface area contributed by atoms with Crippen molar-refractivity contribution in [2.45, 2.75) is 25.3 Å². The van der Waals surface area contributed by atoms with Crippen LogP contribution in [-0.4, -0.2) is 16.6 Å². The molecule has 0 aromatic heterocycles. The number of hydrogen-bond donors (Lipinski definition) is 0. The van der Waals surface area contributed by atoms with Crippen molar-refractivity contribution in [3.05, 3.63) is 193 Å². The monoisotopic (exact) mass is 606 g/mol. The first-order chi connectivity index (χ1) is 21.6. The van der Waals surface area contributed by atoms with E-state index in [2.05, 4.69) is 195 Å². The predicted octanol–water partition coefficient (Wildman–Crippen LogP) is 7.28. The standard InChI is InChI=1S/C40H38O2Si2/c1-43(35-25-13-5-14-26-35,36-27-15-6-16-28-36)41-39(33-21-9-3-10-22-33)40(34-23-11-4-12-24-34)42-44(2,37-29-17-7-18-30-37)38-31-19-8-20-32-38/h3-32,39-40H,1-2H3/t39-,40-/m0/s1. The van der Waals surface area contributed by atoms with Crippen LogP contribution in [0.1, 0.15) is 23.3 Å². The van der Waals surface area contributed by atoms with Crippen molar-refractivity contribution in [3.63, 3.8) is 0 Å². The van der Waals surface area contributed by atoms with E-state index in [0.717, 1.165) is 11.1 Å². The van der Waals surface area contributed by atoms with Crippen LogP contribution in [-0.2, 0) is 8.85 Å². The molecule has 0 bridgehead atoms. The quantitative estimate of drug-likeness (QED) is 0.144. The molecular weight excluding hydrogens is 569 g/mol. The zero-order valence-corrected chi connectivity index (χ0v) is 27.3. The molecule has 0 fully saturated rings. The highest BCUT2D eigenvalue weighted by atomic mass is 28.4. The third kappa shape index (κ3) is 6.30. The molecule has 0 amide bonds. The fraction of sp³-hybridized carbons (Fsp3) is 0.100. The summed E-state index contributed by atoms with van der Waals surface area (Å²) in [6.07, 6.45) is -0.732. The van der Waals surface area contributed by atoms with E-state index in [9.17, 15) is 0 Å². The van der Waals surface area contributed by atoms with Crippen LogP contribution in [0.5, 0.6) is 0 Å². The fourth-order valence-corrected chi connectivity index (χ4v) is 12.1. The van der Waals surface area contributed by atoms with Crippen molar-refractivity contribution >= 4 is 37.4 Å². The highest BCUT2D eigenvalue weighted by Gasteiger charge is 2.44. The van der Waals surface area contributed by atoms with Gasteiger partial charge in [0.25, 0.3) is 16.6 Å². The Balaban J connectivity index is 1.55. The average molecular weight is 607 g/mol. The Bertz CT molecular complexity index is 1500. The highest BCUT2D eigenvalue weighted by Crippen LogP contribution is 2.39. The van der Waals surface area contributed by atoms with Crippen LogP contribution in [0.3, 0.4) is 0 Å². The summed E-state index contributed by atoms with van der Waals surface area (Å²) < 4.78 is 15.3. The van der Waals surface area contributed by atoms with E-state index in [4.69, 9.17) is 8.85 Å². The molecule has 0 saturated heterocycles. The maximum atomic E-state index is 7.67. The molecule has 0 heterocycles. The van der Waals surface area contributed by atoms with Crippen molar-refractivity contribution in [1.29, 1.82) is 0 Å². The third-order valence-corrected chi connectivity index (χ3v) is 15.7. The minimum absolute atomic E-state index is 0.366. The second-order valence-electron chi connectivity index (χ2n) is 11.4. The summed E-state index contributed by atoms with van der Waals surface area (Å²) in [5.74, 6) is 0. The first-order valence-corrected chi connectivity index (χ1v) is 20.1. The lowest BCUT2D eigenvalue weighted by Crippen LogP contribution is -2.61. The Morgan fingerprint density at radius 3 is 0.750 bits per heavy atom. The molecule has 6 aromatic carbocycles. The van der Waals surface area contributed by atoms with Gasteiger partial charge in [-0.3, -0.25) is 0 Å². The summed E-state index contributed by atoms with van der Waals surface area (Å²) in [7, 11) is -5.48. The van der Waals surface area contributed by atoms with Gasteiger partial charge in [-0.2, -0.15) is 0 Å². The van der Waals surface area contributed by atoms with Crippen LogP contribution >= 0.6 is 0 Å². The van der Waals surface area contributed by atoms with Crippen molar-refractivity contribution in [1.82, 2.24) is 0 Å². The number of benzene rings is 6. The lowest BCUT2D eigenvalue weighted by atomic mass is 9.98. The van der Waals surface area contributed by atoms with Crippen LogP contribution in [0, 0.1) is 0 Å². The second-order valence-corrected chi connectivity index (χ2v) is 18.3. The summed E-state index contributed by atoms with van der Waals surface area (Å²) in [4.78, 5) is 0. The third-order valence-electron chi connectivity index (χ3n) is 8.56. The molecule has 0 radical (unpaired) electrons. The molecule has 2 nitrogen and oxygen atoms in total. The van der Waals surface area contributed by atoms with Crippen molar-refractivity contribution in [3.8, 4) is 0 Å². The first kappa shape index (κ1) is 29.7. The lowest BCUT2D eigenvalue weighted by Gasteiger charge is -2.41. The van der Waals surface area contributed by atoms with Gasteiger partial charge in [0.15, 0.2) is 0 Å². The van der Waals surface area contributed by atoms with Gasteiger partial charge >= 0.3 is 0 Å². The van der Waals surface area contributed by atoms with E-state index in [-0.39, 0.29) is 12.2 Å². The topological polar surface area (TPSA) is 18.5 Å². The van der Waals surface area contributed by atoms with Gasteiger partial charge in [-0.15, -0.1) is 0 Å². The van der Waals surface area contributed by atoms with Crippen molar-refractivity contribution in [2.75, 3.05) is 0 Å². The van der Waals surface area contributed by atoms with Crippen LogP contribution in [0.4, 0.5) is 0 Å². The molecular formula is C40H38O2Si2. The van der Waals surface area contributed by atoms with Crippen LogP contribution < -0.4 is 20.7 Å². The van der Waals surface area contributed by atoms with Crippen LogP contribution in [0.25, 0.3) is 0 Å². The van der Waals surface area contributed by atoms with Crippen LogP contribution in [0.2, 0.25) is 13.1 Å². The molecule has 2 atom stereocenters. The van der Waals surface area contributed by atoms with E-state index in [1.165, 1.54) is 20.7 Å². The summed E-state index contributed by atoms with van der Waals surface area (Å²) >= 11 is 0. The lowest BCUT2D eigenvalue weighted by molar-refractivity contribution is 0.0469. The van der Waals surface area contributed by atoms with E-state index >= 15 is 0 Å². The molecule has 0 aliphatic heterocycles. The van der Waals surface area contributed by atoms with Gasteiger partial charge in [-0.25, -0.2) is 0 Å². The van der Waals surface area contributed by atoms with E-state index in [1.807, 2.05) is 0 Å². The molecule has 44 heavy (non-hydrogen) atoms. The highest BCUT2D eigenvalue weighted by molar-refractivity contribution is 6.97. The Hall–Kier alpha value is -4.33. The molecule has 0 unspecified atom stereocenters. The first-order valence-electron chi connectivity index (χ1n) is 15.3. The maximum Gasteiger partial charge on any atom is 0.253 e. The van der Waals surface area contributed by atoms with Crippen molar-refractivity contribution in [2.24, 2.45) is 0 Å². The smallest absolute Gasteiger partial charge is 0.253 e. The number of hydrogen-bond acceptors (Lipinski definition) is 2. The fourth-order valence-electron chi connectivity index (χ4n) is 6.03. The van der Waals surface area contributed by atoms with Gasteiger partial charge in [-0.05, 0) is 45.0 Å². The molecule has 0 saturated carbocycles. The van der Waals surface area contributed by atoms with E-state index in [0.29, 0.717) is 0 Å². The van der Waals surface area contributed by atoms with Gasteiger partial charge in [0.05, 0.1) is 0 Å². The second kappa shape index (κ2) is 13.5. The van der Waals surface area contributed by atoms with Gasteiger partial charge in [0.1, 0.15) is 12.2 Å². The summed E-state index contributed by atoms with van der Waals surface area (Å²) in [5.41, 5.74) is 2.20. The van der Waals surface area contributed by atoms with E-state index in [1.54, 1.807) is 0 Å². The summed E-state index contributed by atoms with van der Waals surface area (Å²) in [5, 5.41) is 4.91. The Labute approximate surface area is 263 Å². The molecule has 218 valence electrons. The van der Waals surface area contributed by atoms with Gasteiger partial charge in [0, 0.05) is 0 Å². The van der Waals surface area contributed by atoms with Crippen molar-refractivity contribution < 1.29 is 8.85 Å². The zero-order chi connectivity index (χ0) is 30.2. The normalized spacial score (nSPS) is 13.2. The molecule has 0 aliphatic carbocycles. The Morgan fingerprint density at radius 2 is 0.523 bits per heavy atom. The summed E-state index contributed by atoms with van der Waals surface area (Å²) in [6.45, 7) is 4.64. The SMILES string of the molecule is C[Si](O[C@@H](c1ccccc1)[C@@H](O[Si](C)(c1ccccc1)c1ccccc1)c1ccccc1)(c1ccccc1)c1ccccc1. The largest absolute Gasteiger partial charge is 0.398 e. The van der Waals surface area contributed by atoms with Crippen LogP contribution in [0.15, 0.2) is 182 Å². The molecule has 6 rings (SSSR count). The molecule has 0 N–H and O–H groups in total. The molecule has 0 aliphatic rings. The van der Waals surface area contributed by atoms with Gasteiger partial charge < -0.3 is 8.85 Å². The molecule has 6 aromatic rings. The molecule has 4 heteroatoms. The van der Waals surface area contributed by atoms with Gasteiger partial charge in [-0.1, -0.05) is 182 Å². The number of rotatable bonds is 11. The molecule has 0 spiro atoms. The Morgan fingerprint density at radius 1 is 0.318 bits per heavy atom. The average Bonchev–Trinajstić information content (AvgIpc) is 3.12. The summed E-state index contributed by atoms with van der Waals surface area (Å²) in [6, 6.07) is 64.2. The van der Waals surface area contributed by atoms with Gasteiger partial charge in [0.2, 0.25) is 0 Å². The van der Waals surface area contributed by atoms with E-state index < -0.39 is 16.6 Å².